The number of carbonyl (C=O) groups excluding carboxylic acids is 1. The summed E-state index contributed by atoms with van der Waals surface area (Å²) < 4.78 is 0. The van der Waals surface area contributed by atoms with Crippen LogP contribution in [0.1, 0.15) is 11.4 Å². The highest BCUT2D eigenvalue weighted by Gasteiger charge is 2.04. The van der Waals surface area contributed by atoms with Crippen molar-refractivity contribution in [2.45, 2.75) is 13.0 Å². The van der Waals surface area contributed by atoms with Crippen molar-refractivity contribution in [3.8, 4) is 0 Å². The van der Waals surface area contributed by atoms with Crippen LogP contribution in [0, 0.1) is 0 Å². The number of rotatable bonds is 4. The summed E-state index contributed by atoms with van der Waals surface area (Å²) in [5.41, 5.74) is 1.69. The quantitative estimate of drug-likeness (QED) is 0.656. The van der Waals surface area contributed by atoms with Gasteiger partial charge in [-0.3, -0.25) is 9.89 Å². The number of aromatic amines is 2. The number of nitrogens with one attached hydrogen (secondary N) is 3. The largest absolute Gasteiger partial charge is 0.350 e. The van der Waals surface area contributed by atoms with Gasteiger partial charge in [-0.1, -0.05) is 0 Å². The zero-order chi connectivity index (χ0) is 10.5. The molecule has 2 aromatic heterocycles. The molecule has 0 atom stereocenters. The molecule has 0 aromatic carbocycles. The third-order valence-corrected chi connectivity index (χ3v) is 1.94. The average molecular weight is 205 g/mol. The number of hydrogen-bond donors (Lipinski definition) is 3. The topological polar surface area (TPSA) is 86.5 Å². The van der Waals surface area contributed by atoms with Crippen LogP contribution < -0.4 is 5.32 Å². The predicted octanol–water partition coefficient (Wildman–Crippen LogP) is -0.00830. The van der Waals surface area contributed by atoms with E-state index in [9.17, 15) is 4.79 Å². The van der Waals surface area contributed by atoms with Crippen molar-refractivity contribution in [3.05, 3.63) is 36.2 Å². The Morgan fingerprint density at radius 3 is 3.07 bits per heavy atom. The Morgan fingerprint density at radius 1 is 1.47 bits per heavy atom. The van der Waals surface area contributed by atoms with Gasteiger partial charge in [-0.15, -0.1) is 0 Å². The van der Waals surface area contributed by atoms with Crippen LogP contribution >= 0.6 is 0 Å². The lowest BCUT2D eigenvalue weighted by atomic mass is 10.3. The summed E-state index contributed by atoms with van der Waals surface area (Å²) in [6.07, 6.45) is 5.19. The Labute approximate surface area is 86.1 Å². The Balaban J connectivity index is 1.78. The highest BCUT2D eigenvalue weighted by Crippen LogP contribution is 1.94. The normalized spacial score (nSPS) is 10.1. The second-order valence-electron chi connectivity index (χ2n) is 3.11. The maximum absolute atomic E-state index is 11.4. The average Bonchev–Trinajstić information content (AvgIpc) is 2.86. The molecule has 6 nitrogen and oxygen atoms in total. The van der Waals surface area contributed by atoms with Gasteiger partial charge in [0.1, 0.15) is 0 Å². The van der Waals surface area contributed by atoms with Crippen molar-refractivity contribution < 1.29 is 4.79 Å². The summed E-state index contributed by atoms with van der Waals surface area (Å²) >= 11 is 0. The molecule has 0 aliphatic carbocycles. The van der Waals surface area contributed by atoms with E-state index in [4.69, 9.17) is 0 Å². The molecular formula is C9H11N5O. The van der Waals surface area contributed by atoms with Gasteiger partial charge in [0.25, 0.3) is 0 Å². The second kappa shape index (κ2) is 4.41. The van der Waals surface area contributed by atoms with E-state index in [1.54, 1.807) is 24.8 Å². The Kier molecular flexibility index (Phi) is 2.77. The molecule has 0 aliphatic heterocycles. The zero-order valence-electron chi connectivity index (χ0n) is 8.03. The van der Waals surface area contributed by atoms with Crippen LogP contribution in [-0.4, -0.2) is 26.1 Å². The molecule has 0 radical (unpaired) electrons. The SMILES string of the molecule is O=C(Cc1ccn[nH]1)NCc1cnc[nH]1. The molecule has 0 fully saturated rings. The van der Waals surface area contributed by atoms with Crippen molar-refractivity contribution >= 4 is 5.91 Å². The minimum absolute atomic E-state index is 0.0474. The first-order valence-corrected chi connectivity index (χ1v) is 4.57. The van der Waals surface area contributed by atoms with E-state index in [0.29, 0.717) is 13.0 Å². The molecule has 0 saturated carbocycles. The van der Waals surface area contributed by atoms with Gasteiger partial charge in [-0.2, -0.15) is 5.10 Å². The molecule has 0 aliphatic rings. The van der Waals surface area contributed by atoms with Crippen LogP contribution in [0.25, 0.3) is 0 Å². The van der Waals surface area contributed by atoms with Gasteiger partial charge in [0, 0.05) is 18.1 Å². The summed E-state index contributed by atoms with van der Waals surface area (Å²) in [5, 5.41) is 9.26. The third-order valence-electron chi connectivity index (χ3n) is 1.94. The Hall–Kier alpha value is -2.11. The standard InChI is InChI=1S/C9H11N5O/c15-9(3-7-1-2-13-14-7)11-5-8-4-10-6-12-8/h1-2,4,6H,3,5H2,(H,10,12)(H,11,15)(H,13,14). The molecule has 2 heterocycles. The first-order chi connectivity index (χ1) is 7.34. The van der Waals surface area contributed by atoms with Crippen molar-refractivity contribution in [2.24, 2.45) is 0 Å². The number of amides is 1. The predicted molar refractivity (Wildman–Crippen MR) is 52.7 cm³/mol. The lowest BCUT2D eigenvalue weighted by Crippen LogP contribution is -2.24. The fourth-order valence-corrected chi connectivity index (χ4v) is 1.19. The smallest absolute Gasteiger partial charge is 0.226 e. The van der Waals surface area contributed by atoms with E-state index in [0.717, 1.165) is 11.4 Å². The Morgan fingerprint density at radius 2 is 2.40 bits per heavy atom. The lowest BCUT2D eigenvalue weighted by Gasteiger charge is -2.01. The van der Waals surface area contributed by atoms with Gasteiger partial charge < -0.3 is 10.3 Å². The number of hydrogen-bond acceptors (Lipinski definition) is 3. The van der Waals surface area contributed by atoms with Crippen LogP contribution in [-0.2, 0) is 17.8 Å². The molecule has 0 spiro atoms. The highest BCUT2D eigenvalue weighted by atomic mass is 16.1. The number of aromatic nitrogens is 4. The van der Waals surface area contributed by atoms with Crippen LogP contribution in [0.5, 0.6) is 0 Å². The van der Waals surface area contributed by atoms with E-state index in [-0.39, 0.29) is 5.91 Å². The van der Waals surface area contributed by atoms with Crippen molar-refractivity contribution in [1.29, 1.82) is 0 Å². The first-order valence-electron chi connectivity index (χ1n) is 4.57. The monoisotopic (exact) mass is 205 g/mol. The van der Waals surface area contributed by atoms with Crippen molar-refractivity contribution in [1.82, 2.24) is 25.5 Å². The third kappa shape index (κ3) is 2.67. The fraction of sp³-hybridized carbons (Fsp3) is 0.222. The van der Waals surface area contributed by atoms with E-state index < -0.39 is 0 Å². The van der Waals surface area contributed by atoms with Gasteiger partial charge in [0.05, 0.1) is 25.0 Å². The zero-order valence-corrected chi connectivity index (χ0v) is 8.03. The molecule has 0 saturated heterocycles. The number of H-pyrrole nitrogens is 2. The molecule has 0 bridgehead atoms. The molecule has 78 valence electrons. The maximum atomic E-state index is 11.4. The summed E-state index contributed by atoms with van der Waals surface area (Å²) in [5.74, 6) is -0.0474. The molecule has 1 amide bonds. The van der Waals surface area contributed by atoms with E-state index in [1.165, 1.54) is 0 Å². The summed E-state index contributed by atoms with van der Waals surface area (Å²) in [7, 11) is 0. The number of carbonyl (C=O) groups is 1. The molecule has 2 aromatic rings. The minimum Gasteiger partial charge on any atom is -0.350 e. The van der Waals surface area contributed by atoms with E-state index >= 15 is 0 Å². The first kappa shape index (κ1) is 9.45. The van der Waals surface area contributed by atoms with Gasteiger partial charge in [0.2, 0.25) is 5.91 Å². The van der Waals surface area contributed by atoms with E-state index in [1.807, 2.05) is 0 Å². The highest BCUT2D eigenvalue weighted by molar-refractivity contribution is 5.77. The van der Waals surface area contributed by atoms with Crippen LogP contribution in [0.2, 0.25) is 0 Å². The molecule has 15 heavy (non-hydrogen) atoms. The van der Waals surface area contributed by atoms with Gasteiger partial charge in [-0.25, -0.2) is 4.98 Å². The summed E-state index contributed by atoms with van der Waals surface area (Å²) in [6.45, 7) is 0.465. The minimum atomic E-state index is -0.0474. The van der Waals surface area contributed by atoms with Gasteiger partial charge >= 0.3 is 0 Å². The maximum Gasteiger partial charge on any atom is 0.226 e. The van der Waals surface area contributed by atoms with Crippen LogP contribution in [0.3, 0.4) is 0 Å². The molecule has 3 N–H and O–H groups in total. The fourth-order valence-electron chi connectivity index (χ4n) is 1.19. The molecular weight excluding hydrogens is 194 g/mol. The Bertz CT molecular complexity index is 406. The molecule has 2 rings (SSSR count). The van der Waals surface area contributed by atoms with Crippen molar-refractivity contribution in [2.75, 3.05) is 0 Å². The van der Waals surface area contributed by atoms with Gasteiger partial charge in [-0.05, 0) is 6.07 Å². The summed E-state index contributed by atoms with van der Waals surface area (Å²) in [6, 6.07) is 1.77. The van der Waals surface area contributed by atoms with Crippen LogP contribution in [0.4, 0.5) is 0 Å². The second-order valence-corrected chi connectivity index (χ2v) is 3.11. The molecule has 6 heteroatoms. The molecule has 0 unspecified atom stereocenters. The number of imidazole rings is 1. The van der Waals surface area contributed by atoms with Gasteiger partial charge in [0.15, 0.2) is 0 Å². The van der Waals surface area contributed by atoms with Crippen molar-refractivity contribution in [3.63, 3.8) is 0 Å². The summed E-state index contributed by atoms with van der Waals surface area (Å²) in [4.78, 5) is 18.2. The number of nitrogens with zero attached hydrogens (tertiary/aromatic N) is 2. The lowest BCUT2D eigenvalue weighted by molar-refractivity contribution is -0.120. The van der Waals surface area contributed by atoms with Crippen LogP contribution in [0.15, 0.2) is 24.8 Å². The van der Waals surface area contributed by atoms with E-state index in [2.05, 4.69) is 25.5 Å².